The predicted molar refractivity (Wildman–Crippen MR) is 99.0 cm³/mol. The van der Waals surface area contributed by atoms with E-state index in [9.17, 15) is 9.59 Å². The highest BCUT2D eigenvalue weighted by Gasteiger charge is 2.28. The van der Waals surface area contributed by atoms with E-state index in [1.165, 1.54) is 9.60 Å². The lowest BCUT2D eigenvalue weighted by Crippen LogP contribution is -3.14. The molecule has 3 N–H and O–H groups in total. The van der Waals surface area contributed by atoms with Gasteiger partial charge in [0.1, 0.15) is 5.01 Å². The number of benzene rings is 1. The molecule has 0 saturated carbocycles. The maximum Gasteiger partial charge on any atom is 0.321 e. The van der Waals surface area contributed by atoms with Crippen LogP contribution in [0.1, 0.15) is 37.6 Å². The van der Waals surface area contributed by atoms with Crippen LogP contribution in [0.5, 0.6) is 0 Å². The smallest absolute Gasteiger partial charge is 0.321 e. The molecule has 2 heterocycles. The highest BCUT2D eigenvalue weighted by atomic mass is 32.1. The summed E-state index contributed by atoms with van der Waals surface area (Å²) in [6.45, 7) is 5.90. The Morgan fingerprint density at radius 1 is 1.36 bits per heavy atom. The van der Waals surface area contributed by atoms with E-state index < -0.39 is 6.03 Å². The summed E-state index contributed by atoms with van der Waals surface area (Å²) in [5, 5.41) is 6.25. The van der Waals surface area contributed by atoms with Gasteiger partial charge in [0, 0.05) is 6.04 Å². The minimum Gasteiger partial charge on any atom is -0.336 e. The Bertz CT molecular complexity index is 725. The number of carbonyl (C=O) groups excluding carboxylic acids is 2. The Labute approximate surface area is 151 Å². The number of para-hydroxylation sites is 1. The molecule has 1 fully saturated rings. The maximum absolute atomic E-state index is 12.1. The van der Waals surface area contributed by atoms with Crippen molar-refractivity contribution in [1.82, 2.24) is 15.6 Å². The largest absolute Gasteiger partial charge is 0.336 e. The Hall–Kier alpha value is -1.99. The molecule has 1 aliphatic rings. The number of aromatic nitrogens is 1. The lowest BCUT2D eigenvalue weighted by molar-refractivity contribution is -0.898. The number of quaternary nitrogens is 1. The van der Waals surface area contributed by atoms with Crippen LogP contribution in [-0.4, -0.2) is 42.6 Å². The molecular formula is C18H25N4O2S+. The molecule has 3 rings (SSSR count). The number of carbonyl (C=O) groups is 2. The highest BCUT2D eigenvalue weighted by molar-refractivity contribution is 7.18. The topological polar surface area (TPSA) is 75.5 Å². The van der Waals surface area contributed by atoms with Crippen molar-refractivity contribution in [3.05, 3.63) is 29.3 Å². The fraction of sp³-hybridized carbons (Fsp3) is 0.500. The molecule has 0 radical (unpaired) electrons. The van der Waals surface area contributed by atoms with Crippen molar-refractivity contribution in [3.63, 3.8) is 0 Å². The third kappa shape index (κ3) is 4.76. The standard InChI is InChI=1S/C18H24N4O2S/c1-12(2)19-18(24)21-16(23)11-22-9-5-6-13(10-22)17-20-14-7-3-4-8-15(14)25-17/h3-4,7-8,12-13H,5-6,9-11H2,1-2H3,(H2,19,21,23,24)/p+1/t13-/m1/s1. The molecule has 0 spiro atoms. The average Bonchev–Trinajstić information content (AvgIpc) is 2.98. The maximum atomic E-state index is 12.1. The second kappa shape index (κ2) is 7.93. The first-order valence-electron chi connectivity index (χ1n) is 8.80. The number of amides is 3. The first-order chi connectivity index (χ1) is 12.0. The van der Waals surface area contributed by atoms with Crippen LogP contribution < -0.4 is 15.5 Å². The number of rotatable bonds is 4. The van der Waals surface area contributed by atoms with Crippen LogP contribution in [0.3, 0.4) is 0 Å². The summed E-state index contributed by atoms with van der Waals surface area (Å²) in [6, 6.07) is 7.79. The second-order valence-electron chi connectivity index (χ2n) is 6.92. The monoisotopic (exact) mass is 361 g/mol. The van der Waals surface area contributed by atoms with Crippen molar-refractivity contribution < 1.29 is 14.5 Å². The molecule has 25 heavy (non-hydrogen) atoms. The molecule has 1 aromatic carbocycles. The van der Waals surface area contributed by atoms with Gasteiger partial charge in [0.25, 0.3) is 5.91 Å². The van der Waals surface area contributed by atoms with Crippen LogP contribution in [0.4, 0.5) is 4.79 Å². The van der Waals surface area contributed by atoms with Gasteiger partial charge >= 0.3 is 6.03 Å². The molecule has 2 aromatic rings. The van der Waals surface area contributed by atoms with Crippen molar-refractivity contribution >= 4 is 33.5 Å². The molecule has 7 heteroatoms. The quantitative estimate of drug-likeness (QED) is 0.768. The molecule has 1 saturated heterocycles. The van der Waals surface area contributed by atoms with Crippen LogP contribution in [0, 0.1) is 0 Å². The van der Waals surface area contributed by atoms with Gasteiger partial charge in [-0.15, -0.1) is 11.3 Å². The van der Waals surface area contributed by atoms with E-state index in [4.69, 9.17) is 4.98 Å². The van der Waals surface area contributed by atoms with E-state index >= 15 is 0 Å². The normalized spacial score (nSPS) is 20.6. The van der Waals surface area contributed by atoms with Crippen LogP contribution in [0.2, 0.25) is 0 Å². The molecule has 6 nitrogen and oxygen atoms in total. The Morgan fingerprint density at radius 3 is 2.92 bits per heavy atom. The molecular weight excluding hydrogens is 336 g/mol. The zero-order valence-corrected chi connectivity index (χ0v) is 15.5. The van der Waals surface area contributed by atoms with Gasteiger partial charge in [0.05, 0.1) is 29.2 Å². The number of nitrogens with zero attached hydrogens (tertiary/aromatic N) is 1. The SMILES string of the molecule is CC(C)NC(=O)NC(=O)C[NH+]1CCC[C@@H](c2nc3ccccc3s2)C1. The first-order valence-corrected chi connectivity index (χ1v) is 9.62. The first kappa shape index (κ1) is 17.8. The molecule has 1 aromatic heterocycles. The Balaban J connectivity index is 1.57. The number of hydrogen-bond acceptors (Lipinski definition) is 4. The third-order valence-electron chi connectivity index (χ3n) is 4.36. The second-order valence-corrected chi connectivity index (χ2v) is 7.98. The van der Waals surface area contributed by atoms with Gasteiger partial charge in [0.2, 0.25) is 0 Å². The van der Waals surface area contributed by atoms with Gasteiger partial charge in [-0.25, -0.2) is 9.78 Å². The van der Waals surface area contributed by atoms with Gasteiger partial charge in [-0.1, -0.05) is 12.1 Å². The van der Waals surface area contributed by atoms with E-state index in [-0.39, 0.29) is 11.9 Å². The molecule has 0 bridgehead atoms. The van der Waals surface area contributed by atoms with Crippen molar-refractivity contribution in [2.75, 3.05) is 19.6 Å². The number of thiazole rings is 1. The number of hydrogen-bond donors (Lipinski definition) is 3. The van der Waals surface area contributed by atoms with E-state index in [0.717, 1.165) is 36.5 Å². The minimum atomic E-state index is -0.417. The molecule has 2 atom stereocenters. The van der Waals surface area contributed by atoms with Crippen LogP contribution in [-0.2, 0) is 4.79 Å². The summed E-state index contributed by atoms with van der Waals surface area (Å²) in [7, 11) is 0. The average molecular weight is 361 g/mol. The lowest BCUT2D eigenvalue weighted by atomic mass is 9.99. The van der Waals surface area contributed by atoms with Crippen molar-refractivity contribution in [3.8, 4) is 0 Å². The summed E-state index contributed by atoms with van der Waals surface area (Å²) >= 11 is 1.75. The summed E-state index contributed by atoms with van der Waals surface area (Å²) in [5.74, 6) is 0.163. The van der Waals surface area contributed by atoms with E-state index in [2.05, 4.69) is 16.7 Å². The van der Waals surface area contributed by atoms with Crippen molar-refractivity contribution in [1.29, 1.82) is 0 Å². The number of piperidine rings is 1. The Morgan fingerprint density at radius 2 is 2.16 bits per heavy atom. The van der Waals surface area contributed by atoms with Gasteiger partial charge in [-0.2, -0.15) is 0 Å². The molecule has 1 aliphatic heterocycles. The molecule has 134 valence electrons. The van der Waals surface area contributed by atoms with Crippen molar-refractivity contribution in [2.45, 2.75) is 38.6 Å². The fourth-order valence-corrected chi connectivity index (χ4v) is 4.39. The van der Waals surface area contributed by atoms with E-state index in [1.54, 1.807) is 11.3 Å². The molecule has 3 amide bonds. The third-order valence-corrected chi connectivity index (χ3v) is 5.56. The highest BCUT2D eigenvalue weighted by Crippen LogP contribution is 2.30. The van der Waals surface area contributed by atoms with Crippen molar-refractivity contribution in [2.24, 2.45) is 0 Å². The molecule has 0 aliphatic carbocycles. The van der Waals surface area contributed by atoms with Gasteiger partial charge in [0.15, 0.2) is 6.54 Å². The van der Waals surface area contributed by atoms with E-state index in [0.29, 0.717) is 12.5 Å². The fourth-order valence-electron chi connectivity index (χ4n) is 3.28. The lowest BCUT2D eigenvalue weighted by Gasteiger charge is -2.28. The van der Waals surface area contributed by atoms with Crippen LogP contribution >= 0.6 is 11.3 Å². The number of nitrogens with one attached hydrogen (secondary N) is 3. The summed E-state index contributed by atoms with van der Waals surface area (Å²) in [5.41, 5.74) is 1.05. The van der Waals surface area contributed by atoms with Crippen LogP contribution in [0.15, 0.2) is 24.3 Å². The summed E-state index contributed by atoms with van der Waals surface area (Å²) < 4.78 is 1.22. The number of likely N-dealkylation sites (tertiary alicyclic amines) is 1. The summed E-state index contributed by atoms with van der Waals surface area (Å²) in [4.78, 5) is 29.7. The Kier molecular flexibility index (Phi) is 5.65. The molecule has 1 unspecified atom stereocenters. The van der Waals surface area contributed by atoms with E-state index in [1.807, 2.05) is 32.0 Å². The number of imide groups is 1. The van der Waals surface area contributed by atoms with Gasteiger partial charge < -0.3 is 10.2 Å². The summed E-state index contributed by atoms with van der Waals surface area (Å²) in [6.07, 6.45) is 2.18. The number of fused-ring (bicyclic) bond motifs is 1. The van der Waals surface area contributed by atoms with Gasteiger partial charge in [-0.3, -0.25) is 10.1 Å². The van der Waals surface area contributed by atoms with Crippen LogP contribution in [0.25, 0.3) is 10.2 Å². The van der Waals surface area contributed by atoms with Gasteiger partial charge in [-0.05, 0) is 38.8 Å². The predicted octanol–water partition coefficient (Wildman–Crippen LogP) is 1.29. The zero-order chi connectivity index (χ0) is 17.8. The number of urea groups is 1. The zero-order valence-electron chi connectivity index (χ0n) is 14.7. The minimum absolute atomic E-state index is 0.0125.